The Kier molecular flexibility index (Phi) is 5.22. The summed E-state index contributed by atoms with van der Waals surface area (Å²) in [5, 5.41) is 0. The molecule has 0 aromatic carbocycles. The van der Waals surface area contributed by atoms with E-state index in [4.69, 9.17) is 0 Å². The first-order valence-electron chi connectivity index (χ1n) is 4.44. The van der Waals surface area contributed by atoms with Gasteiger partial charge in [0.2, 0.25) is 0 Å². The van der Waals surface area contributed by atoms with Crippen LogP contribution < -0.4 is 0 Å². The van der Waals surface area contributed by atoms with Crippen molar-refractivity contribution in [1.29, 1.82) is 0 Å². The van der Waals surface area contributed by atoms with Gasteiger partial charge in [-0.05, 0) is 31.1 Å². The smallest absolute Gasteiger partial charge is 0.0325 e. The van der Waals surface area contributed by atoms with Crippen LogP contribution in [-0.2, 0) is 0 Å². The van der Waals surface area contributed by atoms with E-state index in [2.05, 4.69) is 19.6 Å². The van der Waals surface area contributed by atoms with Gasteiger partial charge >= 0.3 is 0 Å². The minimum atomic E-state index is 0. The van der Waals surface area contributed by atoms with Gasteiger partial charge in [0.05, 0.1) is 0 Å². The van der Waals surface area contributed by atoms with Crippen molar-refractivity contribution in [2.75, 3.05) is 0 Å². The van der Waals surface area contributed by atoms with E-state index in [0.717, 1.165) is 11.8 Å². The number of hydrogen-bond donors (Lipinski definition) is 0. The van der Waals surface area contributed by atoms with Gasteiger partial charge in [-0.25, -0.2) is 0 Å². The summed E-state index contributed by atoms with van der Waals surface area (Å²) >= 11 is 0. The highest BCUT2D eigenvalue weighted by molar-refractivity contribution is 4.77. The maximum absolute atomic E-state index is 3.77. The van der Waals surface area contributed by atoms with Crippen LogP contribution in [0.25, 0.3) is 0 Å². The second-order valence-electron chi connectivity index (χ2n) is 3.65. The average Bonchev–Trinajstić information content (AvgIpc) is 1.95. The predicted octanol–water partition coefficient (Wildman–Crippen LogP) is 2.56. The van der Waals surface area contributed by atoms with E-state index in [9.17, 15) is 0 Å². The Morgan fingerprint density at radius 3 is 2.27 bits per heavy atom. The Bertz CT molecular complexity index is 101. The summed E-state index contributed by atoms with van der Waals surface area (Å²) in [6.07, 6.45) is 9.07. The van der Waals surface area contributed by atoms with Crippen LogP contribution in [0.15, 0.2) is 12.7 Å². The molecule has 0 aromatic rings. The molecule has 0 spiro atoms. The van der Waals surface area contributed by atoms with E-state index in [1.165, 1.54) is 32.1 Å². The summed E-state index contributed by atoms with van der Waals surface area (Å²) in [6.45, 7) is 6.14. The number of hydrogen-bond acceptors (Lipinski definition) is 0. The molecule has 1 aliphatic carbocycles. The van der Waals surface area contributed by atoms with Crippen molar-refractivity contribution in [3.8, 4) is 0 Å². The van der Waals surface area contributed by atoms with Crippen LogP contribution in [0.5, 0.6) is 0 Å². The molecule has 1 saturated carbocycles. The first kappa shape index (κ1) is 10.7. The quantitative estimate of drug-likeness (QED) is 0.550. The van der Waals surface area contributed by atoms with Crippen molar-refractivity contribution < 1.29 is 5.48 Å². The van der Waals surface area contributed by atoms with Gasteiger partial charge in [0.1, 0.15) is 0 Å². The summed E-state index contributed by atoms with van der Waals surface area (Å²) in [7, 11) is 0. The zero-order valence-corrected chi connectivity index (χ0v) is 7.47. The van der Waals surface area contributed by atoms with Crippen molar-refractivity contribution >= 4 is 0 Å². The highest BCUT2D eigenvalue weighted by Crippen LogP contribution is 2.30. The largest absolute Gasteiger partial charge is 0.412 e. The van der Waals surface area contributed by atoms with Gasteiger partial charge in [0.25, 0.3) is 0 Å². The van der Waals surface area contributed by atoms with Crippen LogP contribution in [0.4, 0.5) is 0 Å². The molecule has 11 heavy (non-hydrogen) atoms. The van der Waals surface area contributed by atoms with Crippen molar-refractivity contribution in [2.24, 2.45) is 11.8 Å². The molecule has 0 atom stereocenters. The fourth-order valence-electron chi connectivity index (χ4n) is 1.80. The monoisotopic (exact) mass is 156 g/mol. The Morgan fingerprint density at radius 2 is 1.82 bits per heavy atom. The zero-order chi connectivity index (χ0) is 7.40. The topological polar surface area (TPSA) is 31.5 Å². The highest BCUT2D eigenvalue weighted by atomic mass is 16.0. The minimum absolute atomic E-state index is 0. The van der Waals surface area contributed by atoms with Gasteiger partial charge in [-0.2, -0.15) is 0 Å². The Morgan fingerprint density at radius 1 is 1.27 bits per heavy atom. The molecule has 0 radical (unpaired) electrons. The van der Waals surface area contributed by atoms with Crippen LogP contribution >= 0.6 is 0 Å². The van der Waals surface area contributed by atoms with Gasteiger partial charge < -0.3 is 5.48 Å². The van der Waals surface area contributed by atoms with Crippen LogP contribution in [0.3, 0.4) is 0 Å². The van der Waals surface area contributed by atoms with Crippen LogP contribution in [0.1, 0.15) is 39.0 Å². The van der Waals surface area contributed by atoms with Crippen molar-refractivity contribution in [3.63, 3.8) is 0 Å². The average molecular weight is 156 g/mol. The summed E-state index contributed by atoms with van der Waals surface area (Å²) in [5.74, 6) is 1.95. The summed E-state index contributed by atoms with van der Waals surface area (Å²) in [4.78, 5) is 0. The molecule has 1 heteroatoms. The van der Waals surface area contributed by atoms with E-state index >= 15 is 0 Å². The van der Waals surface area contributed by atoms with Crippen molar-refractivity contribution in [2.45, 2.75) is 39.0 Å². The third-order valence-corrected chi connectivity index (χ3v) is 2.64. The van der Waals surface area contributed by atoms with E-state index in [-0.39, 0.29) is 5.48 Å². The molecular weight excluding hydrogens is 136 g/mol. The molecule has 0 bridgehead atoms. The second kappa shape index (κ2) is 5.36. The molecule has 66 valence electrons. The normalized spacial score (nSPS) is 30.6. The molecule has 1 nitrogen and oxygen atoms in total. The molecule has 1 rings (SSSR count). The summed E-state index contributed by atoms with van der Waals surface area (Å²) in [5.41, 5.74) is 0. The molecule has 1 fully saturated rings. The Balaban J connectivity index is 0.000001000. The third-order valence-electron chi connectivity index (χ3n) is 2.64. The molecule has 0 amide bonds. The summed E-state index contributed by atoms with van der Waals surface area (Å²) in [6, 6.07) is 0. The summed E-state index contributed by atoms with van der Waals surface area (Å²) < 4.78 is 0. The molecule has 0 aromatic heterocycles. The standard InChI is InChI=1S/C10H18.H2O/c1-3-4-10-7-5-9(2)6-8-10;/h3,9-10H,1,4-8H2,2H3;1H2. The van der Waals surface area contributed by atoms with Gasteiger partial charge in [-0.3, -0.25) is 0 Å². The van der Waals surface area contributed by atoms with Gasteiger partial charge in [-0.1, -0.05) is 25.8 Å². The van der Waals surface area contributed by atoms with E-state index in [1.54, 1.807) is 0 Å². The van der Waals surface area contributed by atoms with E-state index < -0.39 is 0 Å². The van der Waals surface area contributed by atoms with Crippen molar-refractivity contribution in [3.05, 3.63) is 12.7 Å². The molecular formula is C10H20O. The lowest BCUT2D eigenvalue weighted by molar-refractivity contribution is 0.292. The molecule has 0 unspecified atom stereocenters. The maximum atomic E-state index is 3.77. The first-order valence-corrected chi connectivity index (χ1v) is 4.44. The Labute approximate surface area is 69.8 Å². The molecule has 0 saturated heterocycles. The zero-order valence-electron chi connectivity index (χ0n) is 7.47. The number of rotatable bonds is 2. The van der Waals surface area contributed by atoms with E-state index in [0.29, 0.717) is 0 Å². The highest BCUT2D eigenvalue weighted by Gasteiger charge is 2.16. The van der Waals surface area contributed by atoms with Gasteiger partial charge in [0.15, 0.2) is 0 Å². The molecule has 0 heterocycles. The van der Waals surface area contributed by atoms with Crippen LogP contribution in [-0.4, -0.2) is 5.48 Å². The maximum Gasteiger partial charge on any atom is -0.0325 e. The lowest BCUT2D eigenvalue weighted by Crippen LogP contribution is -2.11. The van der Waals surface area contributed by atoms with Gasteiger partial charge in [-0.15, -0.1) is 6.58 Å². The van der Waals surface area contributed by atoms with Gasteiger partial charge in [0, 0.05) is 0 Å². The second-order valence-corrected chi connectivity index (χ2v) is 3.65. The molecule has 0 aliphatic heterocycles. The molecule has 1 aliphatic rings. The number of allylic oxidation sites excluding steroid dienone is 1. The lowest BCUT2D eigenvalue weighted by Gasteiger charge is -2.24. The van der Waals surface area contributed by atoms with Crippen LogP contribution in [0, 0.1) is 11.8 Å². The fraction of sp³-hybridized carbons (Fsp3) is 0.800. The predicted molar refractivity (Wildman–Crippen MR) is 49.5 cm³/mol. The van der Waals surface area contributed by atoms with Crippen molar-refractivity contribution in [1.82, 2.24) is 0 Å². The third kappa shape index (κ3) is 3.57. The SMILES string of the molecule is C=CCC1CCC(C)CC1.O. The first-order chi connectivity index (χ1) is 4.83. The Hall–Kier alpha value is -0.300. The van der Waals surface area contributed by atoms with Crippen LogP contribution in [0.2, 0.25) is 0 Å². The fourth-order valence-corrected chi connectivity index (χ4v) is 1.80. The minimum Gasteiger partial charge on any atom is -0.412 e. The lowest BCUT2D eigenvalue weighted by atomic mass is 9.81. The van der Waals surface area contributed by atoms with E-state index in [1.807, 2.05) is 0 Å². The molecule has 2 N–H and O–H groups in total.